The van der Waals surface area contributed by atoms with Gasteiger partial charge in [-0.25, -0.2) is 0 Å². The van der Waals surface area contributed by atoms with Crippen molar-refractivity contribution in [2.45, 2.75) is 6.92 Å². The van der Waals surface area contributed by atoms with Crippen LogP contribution in [0.2, 0.25) is 0 Å². The van der Waals surface area contributed by atoms with Crippen LogP contribution in [0.15, 0.2) is 30.3 Å². The highest BCUT2D eigenvalue weighted by Crippen LogP contribution is 2.29. The third-order valence-electron chi connectivity index (χ3n) is 2.09. The summed E-state index contributed by atoms with van der Waals surface area (Å²) in [5, 5.41) is 3.33. The minimum atomic E-state index is 0.982. The molecule has 0 saturated carbocycles. The Labute approximate surface area is 66.7 Å². The molecule has 1 N–H and O–H groups in total. The molecular formula is C10H11N. The molecule has 0 atom stereocenters. The van der Waals surface area contributed by atoms with E-state index in [4.69, 9.17) is 0 Å². The van der Waals surface area contributed by atoms with Crippen molar-refractivity contribution >= 4 is 11.3 Å². The molecule has 1 heteroatoms. The van der Waals surface area contributed by atoms with Crippen molar-refractivity contribution in [1.82, 2.24) is 0 Å². The van der Waals surface area contributed by atoms with E-state index in [0.717, 1.165) is 6.54 Å². The zero-order valence-corrected chi connectivity index (χ0v) is 6.59. The Hall–Kier alpha value is -1.24. The van der Waals surface area contributed by atoms with Gasteiger partial charge in [0.05, 0.1) is 0 Å². The number of nitrogens with one attached hydrogen (secondary N) is 1. The van der Waals surface area contributed by atoms with E-state index in [1.807, 2.05) is 0 Å². The van der Waals surface area contributed by atoms with E-state index in [0.29, 0.717) is 0 Å². The Balaban J connectivity index is 2.55. The van der Waals surface area contributed by atoms with Gasteiger partial charge in [-0.1, -0.05) is 24.3 Å². The molecule has 0 spiro atoms. The third kappa shape index (κ3) is 0.929. The van der Waals surface area contributed by atoms with Crippen molar-refractivity contribution in [3.63, 3.8) is 0 Å². The average Bonchev–Trinajstić information content (AvgIpc) is 2.47. The molecular weight excluding hydrogens is 134 g/mol. The topological polar surface area (TPSA) is 12.0 Å². The lowest BCUT2D eigenvalue weighted by molar-refractivity contribution is 1.44. The SMILES string of the molecule is CC=C1CNc2ccccc21. The zero-order chi connectivity index (χ0) is 7.68. The van der Waals surface area contributed by atoms with Gasteiger partial charge in [-0.3, -0.25) is 0 Å². The highest BCUT2D eigenvalue weighted by atomic mass is 14.9. The molecule has 1 nitrogen and oxygen atoms in total. The molecule has 1 heterocycles. The molecule has 1 aliphatic heterocycles. The molecule has 0 aromatic heterocycles. The minimum absolute atomic E-state index is 0.982. The highest BCUT2D eigenvalue weighted by Gasteiger charge is 2.12. The number of rotatable bonds is 0. The fourth-order valence-electron chi connectivity index (χ4n) is 1.46. The highest BCUT2D eigenvalue weighted by molar-refractivity contribution is 5.83. The van der Waals surface area contributed by atoms with Crippen LogP contribution in [0.25, 0.3) is 5.57 Å². The molecule has 0 radical (unpaired) electrons. The molecule has 1 aliphatic rings. The summed E-state index contributed by atoms with van der Waals surface area (Å²) in [7, 11) is 0. The number of anilines is 1. The van der Waals surface area contributed by atoms with E-state index in [1.54, 1.807) is 0 Å². The predicted molar refractivity (Wildman–Crippen MR) is 48.6 cm³/mol. The maximum Gasteiger partial charge on any atom is 0.0419 e. The number of fused-ring (bicyclic) bond motifs is 1. The zero-order valence-electron chi connectivity index (χ0n) is 6.59. The maximum absolute atomic E-state index is 3.33. The Morgan fingerprint density at radius 1 is 1.36 bits per heavy atom. The van der Waals surface area contributed by atoms with Gasteiger partial charge < -0.3 is 5.32 Å². The Morgan fingerprint density at radius 2 is 2.18 bits per heavy atom. The molecule has 0 amide bonds. The molecule has 11 heavy (non-hydrogen) atoms. The smallest absolute Gasteiger partial charge is 0.0419 e. The molecule has 0 unspecified atom stereocenters. The number of allylic oxidation sites excluding steroid dienone is 1. The first-order valence-corrected chi connectivity index (χ1v) is 3.90. The molecule has 0 saturated heterocycles. The van der Waals surface area contributed by atoms with E-state index >= 15 is 0 Å². The van der Waals surface area contributed by atoms with Gasteiger partial charge in [0, 0.05) is 17.8 Å². The average molecular weight is 145 g/mol. The first kappa shape index (κ1) is 6.47. The minimum Gasteiger partial charge on any atom is -0.380 e. The maximum atomic E-state index is 3.33. The predicted octanol–water partition coefficient (Wildman–Crippen LogP) is 2.52. The number of hydrogen-bond acceptors (Lipinski definition) is 1. The van der Waals surface area contributed by atoms with Gasteiger partial charge in [0.25, 0.3) is 0 Å². The second-order valence-electron chi connectivity index (χ2n) is 2.71. The van der Waals surface area contributed by atoms with Crippen LogP contribution < -0.4 is 5.32 Å². The molecule has 2 rings (SSSR count). The molecule has 1 aromatic carbocycles. The van der Waals surface area contributed by atoms with E-state index in [9.17, 15) is 0 Å². The molecule has 56 valence electrons. The first-order chi connectivity index (χ1) is 5.42. The van der Waals surface area contributed by atoms with Gasteiger partial charge in [0.1, 0.15) is 0 Å². The van der Waals surface area contributed by atoms with E-state index in [-0.39, 0.29) is 0 Å². The van der Waals surface area contributed by atoms with Crippen LogP contribution in [0.1, 0.15) is 12.5 Å². The Bertz CT molecular complexity index is 299. The van der Waals surface area contributed by atoms with Crippen molar-refractivity contribution in [2.75, 3.05) is 11.9 Å². The van der Waals surface area contributed by atoms with Gasteiger partial charge in [-0.15, -0.1) is 0 Å². The second-order valence-corrected chi connectivity index (χ2v) is 2.71. The van der Waals surface area contributed by atoms with Gasteiger partial charge in [0.15, 0.2) is 0 Å². The normalized spacial score (nSPS) is 18.1. The van der Waals surface area contributed by atoms with E-state index in [1.165, 1.54) is 16.8 Å². The van der Waals surface area contributed by atoms with Crippen LogP contribution in [-0.2, 0) is 0 Å². The summed E-state index contributed by atoms with van der Waals surface area (Å²) in [6, 6.07) is 8.41. The lowest BCUT2D eigenvalue weighted by Gasteiger charge is -1.95. The van der Waals surface area contributed by atoms with E-state index in [2.05, 4.69) is 42.6 Å². The monoisotopic (exact) mass is 145 g/mol. The molecule has 1 aromatic rings. The summed E-state index contributed by atoms with van der Waals surface area (Å²) < 4.78 is 0. The molecule has 0 aliphatic carbocycles. The van der Waals surface area contributed by atoms with Gasteiger partial charge in [-0.05, 0) is 18.6 Å². The fraction of sp³-hybridized carbons (Fsp3) is 0.200. The van der Waals surface area contributed by atoms with Crippen molar-refractivity contribution in [3.05, 3.63) is 35.9 Å². The number of hydrogen-bond donors (Lipinski definition) is 1. The van der Waals surface area contributed by atoms with Crippen LogP contribution in [-0.4, -0.2) is 6.54 Å². The summed E-state index contributed by atoms with van der Waals surface area (Å²) in [4.78, 5) is 0. The summed E-state index contributed by atoms with van der Waals surface area (Å²) in [5.41, 5.74) is 4.02. The number of benzene rings is 1. The Kier molecular flexibility index (Phi) is 1.42. The number of para-hydroxylation sites is 1. The lowest BCUT2D eigenvalue weighted by Crippen LogP contribution is -1.90. The lowest BCUT2D eigenvalue weighted by atomic mass is 10.1. The summed E-state index contributed by atoms with van der Waals surface area (Å²) in [6.07, 6.45) is 2.17. The van der Waals surface area contributed by atoms with Crippen LogP contribution in [0.4, 0.5) is 5.69 Å². The third-order valence-corrected chi connectivity index (χ3v) is 2.09. The van der Waals surface area contributed by atoms with Crippen molar-refractivity contribution < 1.29 is 0 Å². The van der Waals surface area contributed by atoms with Crippen LogP contribution in [0.5, 0.6) is 0 Å². The summed E-state index contributed by atoms with van der Waals surface area (Å²) >= 11 is 0. The quantitative estimate of drug-likeness (QED) is 0.591. The van der Waals surface area contributed by atoms with Gasteiger partial charge >= 0.3 is 0 Å². The van der Waals surface area contributed by atoms with E-state index < -0.39 is 0 Å². The second kappa shape index (κ2) is 2.42. The van der Waals surface area contributed by atoms with Crippen molar-refractivity contribution in [1.29, 1.82) is 0 Å². The van der Waals surface area contributed by atoms with Crippen molar-refractivity contribution in [3.8, 4) is 0 Å². The van der Waals surface area contributed by atoms with Gasteiger partial charge in [-0.2, -0.15) is 0 Å². The summed E-state index contributed by atoms with van der Waals surface area (Å²) in [5.74, 6) is 0. The Morgan fingerprint density at radius 3 is 3.00 bits per heavy atom. The standard InChI is InChI=1S/C10H11N/c1-2-8-7-11-10-6-4-3-5-9(8)10/h2-6,11H,7H2,1H3. The fourth-order valence-corrected chi connectivity index (χ4v) is 1.46. The molecule has 0 bridgehead atoms. The first-order valence-electron chi connectivity index (χ1n) is 3.90. The van der Waals surface area contributed by atoms with Crippen molar-refractivity contribution in [2.24, 2.45) is 0 Å². The largest absolute Gasteiger partial charge is 0.380 e. The van der Waals surface area contributed by atoms with Crippen LogP contribution >= 0.6 is 0 Å². The molecule has 0 fully saturated rings. The van der Waals surface area contributed by atoms with Crippen LogP contribution in [0.3, 0.4) is 0 Å². The van der Waals surface area contributed by atoms with Gasteiger partial charge in [0.2, 0.25) is 0 Å². The summed E-state index contributed by atoms with van der Waals surface area (Å²) in [6.45, 7) is 3.06. The van der Waals surface area contributed by atoms with Crippen LogP contribution in [0, 0.1) is 0 Å².